The minimum Gasteiger partial charge on any atom is -0.478 e. The molecule has 1 atom stereocenters. The first-order chi connectivity index (χ1) is 9.60. The van der Waals surface area contributed by atoms with E-state index in [9.17, 15) is 9.59 Å². The molecule has 2 rings (SSSR count). The molecular formula is C16H19NO3. The minimum atomic E-state index is -0.993. The molecule has 1 unspecified atom stereocenters. The van der Waals surface area contributed by atoms with Crippen LogP contribution in [0.4, 0.5) is 0 Å². The number of rotatable bonds is 4. The molecule has 0 aliphatic carbocycles. The third-order valence-electron chi connectivity index (χ3n) is 3.70. The van der Waals surface area contributed by atoms with Crippen molar-refractivity contribution in [2.24, 2.45) is 5.92 Å². The Hall–Kier alpha value is -2.10. The number of carbonyl (C=O) groups excluding carboxylic acids is 1. The first-order valence-corrected chi connectivity index (χ1v) is 6.90. The number of hydrogen-bond acceptors (Lipinski definition) is 2. The average molecular weight is 273 g/mol. The van der Waals surface area contributed by atoms with Crippen LogP contribution in [0.3, 0.4) is 0 Å². The minimum absolute atomic E-state index is 0.0338. The number of amides is 1. The first-order valence-electron chi connectivity index (χ1n) is 6.90. The summed E-state index contributed by atoms with van der Waals surface area (Å²) >= 11 is 0. The van der Waals surface area contributed by atoms with Crippen LogP contribution in [0.1, 0.15) is 35.7 Å². The summed E-state index contributed by atoms with van der Waals surface area (Å²) in [5.74, 6) is -0.354. The largest absolute Gasteiger partial charge is 0.478 e. The normalized spacial score (nSPS) is 18.6. The Morgan fingerprint density at radius 1 is 1.45 bits per heavy atom. The van der Waals surface area contributed by atoms with Gasteiger partial charge in [-0.3, -0.25) is 4.79 Å². The van der Waals surface area contributed by atoms with E-state index < -0.39 is 5.97 Å². The van der Waals surface area contributed by atoms with Crippen molar-refractivity contribution >= 4 is 18.0 Å². The van der Waals surface area contributed by atoms with E-state index in [1.807, 2.05) is 4.90 Å². The van der Waals surface area contributed by atoms with Crippen LogP contribution in [0.5, 0.6) is 0 Å². The summed E-state index contributed by atoms with van der Waals surface area (Å²) in [5.41, 5.74) is 1.35. The zero-order chi connectivity index (χ0) is 14.5. The fraction of sp³-hybridized carbons (Fsp3) is 0.375. The van der Waals surface area contributed by atoms with Crippen molar-refractivity contribution in [1.29, 1.82) is 0 Å². The van der Waals surface area contributed by atoms with Crippen LogP contribution in [0.2, 0.25) is 0 Å². The molecule has 0 aromatic heterocycles. The third kappa shape index (κ3) is 3.47. The summed E-state index contributed by atoms with van der Waals surface area (Å²) in [6, 6.07) is 7.08. The second kappa shape index (κ2) is 6.37. The number of carboxylic acids is 1. The summed E-state index contributed by atoms with van der Waals surface area (Å²) in [5, 5.41) is 8.62. The monoisotopic (exact) mass is 273 g/mol. The van der Waals surface area contributed by atoms with E-state index in [-0.39, 0.29) is 5.91 Å². The van der Waals surface area contributed by atoms with E-state index in [1.165, 1.54) is 6.08 Å². The molecule has 1 aliphatic heterocycles. The molecule has 0 bridgehead atoms. The number of hydrogen-bond donors (Lipinski definition) is 1. The van der Waals surface area contributed by atoms with Crippen molar-refractivity contribution in [3.63, 3.8) is 0 Å². The van der Waals surface area contributed by atoms with Crippen LogP contribution in [0.15, 0.2) is 30.3 Å². The highest BCUT2D eigenvalue weighted by Gasteiger charge is 2.25. The van der Waals surface area contributed by atoms with Gasteiger partial charge in [0.25, 0.3) is 5.91 Å². The van der Waals surface area contributed by atoms with E-state index in [0.29, 0.717) is 11.5 Å². The van der Waals surface area contributed by atoms with Crippen LogP contribution >= 0.6 is 0 Å². The quantitative estimate of drug-likeness (QED) is 0.858. The van der Waals surface area contributed by atoms with Gasteiger partial charge in [-0.25, -0.2) is 4.79 Å². The molecule has 0 saturated carbocycles. The van der Waals surface area contributed by atoms with Crippen molar-refractivity contribution in [3.8, 4) is 0 Å². The second-order valence-electron chi connectivity index (χ2n) is 5.11. The van der Waals surface area contributed by atoms with Crippen LogP contribution < -0.4 is 0 Å². The van der Waals surface area contributed by atoms with Gasteiger partial charge >= 0.3 is 5.97 Å². The lowest BCUT2D eigenvalue weighted by Crippen LogP contribution is -2.28. The summed E-state index contributed by atoms with van der Waals surface area (Å²) in [6.07, 6.45) is 4.75. The van der Waals surface area contributed by atoms with Crippen LogP contribution in [-0.2, 0) is 4.79 Å². The van der Waals surface area contributed by atoms with Gasteiger partial charge in [0.15, 0.2) is 0 Å². The van der Waals surface area contributed by atoms with Gasteiger partial charge in [-0.05, 0) is 36.1 Å². The van der Waals surface area contributed by atoms with Gasteiger partial charge in [-0.15, -0.1) is 0 Å². The van der Waals surface area contributed by atoms with E-state index in [1.54, 1.807) is 24.3 Å². The maximum atomic E-state index is 12.4. The molecule has 0 spiro atoms. The van der Waals surface area contributed by atoms with Gasteiger partial charge in [0, 0.05) is 24.7 Å². The molecule has 1 aromatic carbocycles. The summed E-state index contributed by atoms with van der Waals surface area (Å²) in [4.78, 5) is 24.8. The lowest BCUT2D eigenvalue weighted by Gasteiger charge is -2.16. The molecule has 1 aliphatic rings. The standard InChI is InChI=1S/C16H19NO3/c1-2-12-8-9-17(11-12)16(20)14-5-3-4-13(10-14)6-7-15(18)19/h3-7,10,12H,2,8-9,11H2,1H3,(H,18,19)/b7-6+. The zero-order valence-electron chi connectivity index (χ0n) is 11.6. The highest BCUT2D eigenvalue weighted by atomic mass is 16.4. The number of likely N-dealkylation sites (tertiary alicyclic amines) is 1. The van der Waals surface area contributed by atoms with Crippen molar-refractivity contribution in [2.45, 2.75) is 19.8 Å². The van der Waals surface area contributed by atoms with E-state index >= 15 is 0 Å². The fourth-order valence-corrected chi connectivity index (χ4v) is 2.48. The first kappa shape index (κ1) is 14.3. The second-order valence-corrected chi connectivity index (χ2v) is 5.11. The Morgan fingerprint density at radius 3 is 2.90 bits per heavy atom. The fourth-order valence-electron chi connectivity index (χ4n) is 2.48. The smallest absolute Gasteiger partial charge is 0.328 e. The van der Waals surface area contributed by atoms with Crippen molar-refractivity contribution in [1.82, 2.24) is 4.90 Å². The molecule has 20 heavy (non-hydrogen) atoms. The van der Waals surface area contributed by atoms with Gasteiger partial charge in [-0.2, -0.15) is 0 Å². The highest BCUT2D eigenvalue weighted by molar-refractivity contribution is 5.95. The molecular weight excluding hydrogens is 254 g/mol. The average Bonchev–Trinajstić information content (AvgIpc) is 2.93. The summed E-state index contributed by atoms with van der Waals surface area (Å²) in [6.45, 7) is 3.78. The maximum absolute atomic E-state index is 12.4. The van der Waals surface area contributed by atoms with Crippen molar-refractivity contribution in [2.75, 3.05) is 13.1 Å². The zero-order valence-corrected chi connectivity index (χ0v) is 11.6. The predicted octanol–water partition coefficient (Wildman–Crippen LogP) is 2.66. The molecule has 106 valence electrons. The molecule has 1 N–H and O–H groups in total. The van der Waals surface area contributed by atoms with Crippen LogP contribution in [0, 0.1) is 5.92 Å². The topological polar surface area (TPSA) is 57.6 Å². The Bertz CT molecular complexity index is 536. The SMILES string of the molecule is CCC1CCN(C(=O)c2cccc(/C=C/C(=O)O)c2)C1. The molecule has 1 saturated heterocycles. The number of carbonyl (C=O) groups is 2. The van der Waals surface area contributed by atoms with Crippen molar-refractivity contribution < 1.29 is 14.7 Å². The molecule has 1 heterocycles. The van der Waals surface area contributed by atoms with Gasteiger partial charge in [0.05, 0.1) is 0 Å². The van der Waals surface area contributed by atoms with Crippen LogP contribution in [0.25, 0.3) is 6.08 Å². The van der Waals surface area contributed by atoms with Crippen molar-refractivity contribution in [3.05, 3.63) is 41.5 Å². The lowest BCUT2D eigenvalue weighted by molar-refractivity contribution is -0.131. The van der Waals surface area contributed by atoms with E-state index in [0.717, 1.165) is 37.6 Å². The number of benzene rings is 1. The maximum Gasteiger partial charge on any atom is 0.328 e. The molecule has 0 radical (unpaired) electrons. The number of carboxylic acid groups (broad SMARTS) is 1. The Kier molecular flexibility index (Phi) is 4.56. The number of nitrogens with zero attached hydrogens (tertiary/aromatic N) is 1. The highest BCUT2D eigenvalue weighted by Crippen LogP contribution is 2.21. The Labute approximate surface area is 118 Å². The lowest BCUT2D eigenvalue weighted by atomic mass is 10.1. The molecule has 4 nitrogen and oxygen atoms in total. The van der Waals surface area contributed by atoms with Gasteiger partial charge in [-0.1, -0.05) is 25.5 Å². The van der Waals surface area contributed by atoms with Gasteiger partial charge < -0.3 is 10.0 Å². The summed E-state index contributed by atoms with van der Waals surface area (Å²) < 4.78 is 0. The molecule has 4 heteroatoms. The molecule has 1 fully saturated rings. The van der Waals surface area contributed by atoms with Gasteiger partial charge in [0.1, 0.15) is 0 Å². The van der Waals surface area contributed by atoms with E-state index in [2.05, 4.69) is 6.92 Å². The number of aliphatic carboxylic acids is 1. The molecule has 1 aromatic rings. The molecule has 1 amide bonds. The predicted molar refractivity (Wildman–Crippen MR) is 77.4 cm³/mol. The third-order valence-corrected chi connectivity index (χ3v) is 3.70. The van der Waals surface area contributed by atoms with Gasteiger partial charge in [0.2, 0.25) is 0 Å². The Morgan fingerprint density at radius 2 is 2.25 bits per heavy atom. The summed E-state index contributed by atoms with van der Waals surface area (Å²) in [7, 11) is 0. The Balaban J connectivity index is 2.11. The van der Waals surface area contributed by atoms with E-state index in [4.69, 9.17) is 5.11 Å². The van der Waals surface area contributed by atoms with Crippen LogP contribution in [-0.4, -0.2) is 35.0 Å².